The molecule has 0 amide bonds. The lowest BCUT2D eigenvalue weighted by molar-refractivity contribution is -0.128. The maximum absolute atomic E-state index is 12.7. The second-order valence-electron chi connectivity index (χ2n) is 7.02. The van der Waals surface area contributed by atoms with E-state index in [1.54, 1.807) is 0 Å². The summed E-state index contributed by atoms with van der Waals surface area (Å²) in [5, 5.41) is 0.466. The molecule has 0 aromatic rings. The number of hydrogen-bond donors (Lipinski definition) is 0. The van der Waals surface area contributed by atoms with E-state index in [4.69, 9.17) is 0 Å². The normalized spacial score (nSPS) is 26.4. The Bertz CT molecular complexity index is 332. The van der Waals surface area contributed by atoms with Crippen LogP contribution in [0.3, 0.4) is 0 Å². The standard InChI is InChI=1S/C18H32OS/c1-6-7-8-12-20-15(3)13-16(19)17-14(2)10-9-11-18(17,4)5/h9-10,14-15,17H,6-8,11-13H2,1-5H3/t14-,15?,17-/m1/s1. The first-order valence-electron chi connectivity index (χ1n) is 8.19. The fourth-order valence-corrected chi connectivity index (χ4v) is 4.43. The summed E-state index contributed by atoms with van der Waals surface area (Å²) in [6, 6.07) is 0. The second-order valence-corrected chi connectivity index (χ2v) is 8.56. The summed E-state index contributed by atoms with van der Waals surface area (Å²) in [6.45, 7) is 11.1. The van der Waals surface area contributed by atoms with E-state index < -0.39 is 0 Å². The maximum Gasteiger partial charge on any atom is 0.138 e. The highest BCUT2D eigenvalue weighted by molar-refractivity contribution is 7.99. The molecule has 0 bridgehead atoms. The Morgan fingerprint density at radius 3 is 2.70 bits per heavy atom. The highest BCUT2D eigenvalue weighted by atomic mass is 32.2. The van der Waals surface area contributed by atoms with Gasteiger partial charge in [-0.1, -0.05) is 59.6 Å². The average Bonchev–Trinajstić information content (AvgIpc) is 2.33. The summed E-state index contributed by atoms with van der Waals surface area (Å²) in [5.41, 5.74) is 0.123. The van der Waals surface area contributed by atoms with Crippen molar-refractivity contribution in [2.24, 2.45) is 17.3 Å². The molecule has 0 aromatic heterocycles. The molecule has 1 rings (SSSR count). The topological polar surface area (TPSA) is 17.1 Å². The first kappa shape index (κ1) is 17.8. The van der Waals surface area contributed by atoms with Crippen LogP contribution in [0.1, 0.15) is 66.7 Å². The monoisotopic (exact) mass is 296 g/mol. The van der Waals surface area contributed by atoms with E-state index in [0.29, 0.717) is 17.0 Å². The molecule has 1 aliphatic carbocycles. The first-order valence-corrected chi connectivity index (χ1v) is 9.24. The summed E-state index contributed by atoms with van der Waals surface area (Å²) in [7, 11) is 0. The number of carbonyl (C=O) groups is 1. The number of ketones is 1. The molecule has 0 N–H and O–H groups in total. The third kappa shape index (κ3) is 5.27. The molecular weight excluding hydrogens is 264 g/mol. The number of unbranched alkanes of at least 4 members (excludes halogenated alkanes) is 2. The molecule has 0 spiro atoms. The van der Waals surface area contributed by atoms with Gasteiger partial charge in [0.05, 0.1) is 0 Å². The van der Waals surface area contributed by atoms with Crippen molar-refractivity contribution >= 4 is 17.5 Å². The number of allylic oxidation sites excluding steroid dienone is 2. The van der Waals surface area contributed by atoms with Gasteiger partial charge < -0.3 is 0 Å². The van der Waals surface area contributed by atoms with Gasteiger partial charge in [-0.2, -0.15) is 11.8 Å². The highest BCUT2D eigenvalue weighted by Crippen LogP contribution is 2.42. The van der Waals surface area contributed by atoms with Crippen molar-refractivity contribution in [3.8, 4) is 0 Å². The third-order valence-electron chi connectivity index (χ3n) is 4.44. The molecule has 0 aliphatic heterocycles. The molecule has 0 fully saturated rings. The van der Waals surface area contributed by atoms with Gasteiger partial charge in [-0.3, -0.25) is 4.79 Å². The molecule has 0 saturated heterocycles. The molecule has 1 aliphatic rings. The lowest BCUT2D eigenvalue weighted by atomic mass is 9.65. The Morgan fingerprint density at radius 1 is 1.40 bits per heavy atom. The third-order valence-corrected chi connectivity index (χ3v) is 5.70. The van der Waals surface area contributed by atoms with Crippen LogP contribution in [0.5, 0.6) is 0 Å². The number of thioether (sulfide) groups is 1. The predicted molar refractivity (Wildman–Crippen MR) is 91.3 cm³/mol. The van der Waals surface area contributed by atoms with E-state index in [9.17, 15) is 4.79 Å². The van der Waals surface area contributed by atoms with E-state index in [0.717, 1.165) is 12.8 Å². The average molecular weight is 297 g/mol. The highest BCUT2D eigenvalue weighted by Gasteiger charge is 2.39. The Balaban J connectivity index is 2.46. The summed E-state index contributed by atoms with van der Waals surface area (Å²) >= 11 is 1.97. The summed E-state index contributed by atoms with van der Waals surface area (Å²) in [4.78, 5) is 12.7. The summed E-state index contributed by atoms with van der Waals surface area (Å²) in [5.74, 6) is 2.27. The van der Waals surface area contributed by atoms with Crippen molar-refractivity contribution < 1.29 is 4.79 Å². The SMILES string of the molecule is CCCCCSC(C)CC(=O)[C@H]1[C@H](C)C=CCC1(C)C. The van der Waals surface area contributed by atoms with E-state index in [2.05, 4.69) is 46.8 Å². The molecule has 1 nitrogen and oxygen atoms in total. The van der Waals surface area contributed by atoms with Crippen LogP contribution in [0.25, 0.3) is 0 Å². The van der Waals surface area contributed by atoms with Gasteiger partial charge in [0, 0.05) is 17.6 Å². The van der Waals surface area contributed by atoms with Crippen LogP contribution in [-0.2, 0) is 4.79 Å². The number of Topliss-reactive ketones (excluding diaryl/α,β-unsaturated/α-hetero) is 1. The van der Waals surface area contributed by atoms with Gasteiger partial charge in [-0.15, -0.1) is 0 Å². The summed E-state index contributed by atoms with van der Waals surface area (Å²) in [6.07, 6.45) is 10.1. The molecule has 116 valence electrons. The lowest BCUT2D eigenvalue weighted by Gasteiger charge is -2.39. The van der Waals surface area contributed by atoms with Crippen LogP contribution in [0.4, 0.5) is 0 Å². The Hall–Kier alpha value is -0.240. The zero-order valence-corrected chi connectivity index (χ0v) is 14.8. The van der Waals surface area contributed by atoms with Gasteiger partial charge in [0.25, 0.3) is 0 Å². The fraction of sp³-hybridized carbons (Fsp3) is 0.833. The zero-order valence-electron chi connectivity index (χ0n) is 13.9. The molecule has 0 aromatic carbocycles. The van der Waals surface area contributed by atoms with Gasteiger partial charge in [0.15, 0.2) is 0 Å². The Labute approximate surface area is 130 Å². The van der Waals surface area contributed by atoms with Crippen LogP contribution in [0.15, 0.2) is 12.2 Å². The van der Waals surface area contributed by atoms with Crippen molar-refractivity contribution in [2.75, 3.05) is 5.75 Å². The summed E-state index contributed by atoms with van der Waals surface area (Å²) < 4.78 is 0. The van der Waals surface area contributed by atoms with Crippen LogP contribution in [0.2, 0.25) is 0 Å². The fourth-order valence-electron chi connectivity index (χ4n) is 3.37. The number of carbonyl (C=O) groups excluding carboxylic acids is 1. The molecule has 1 unspecified atom stereocenters. The number of rotatable bonds is 8. The minimum atomic E-state index is 0.123. The molecule has 0 saturated carbocycles. The molecule has 20 heavy (non-hydrogen) atoms. The minimum absolute atomic E-state index is 0.123. The quantitative estimate of drug-likeness (QED) is 0.435. The van der Waals surface area contributed by atoms with Crippen LogP contribution in [0, 0.1) is 17.3 Å². The van der Waals surface area contributed by atoms with E-state index >= 15 is 0 Å². The minimum Gasteiger partial charge on any atom is -0.299 e. The lowest BCUT2D eigenvalue weighted by Crippen LogP contribution is -2.38. The van der Waals surface area contributed by atoms with Crippen molar-refractivity contribution in [1.29, 1.82) is 0 Å². The van der Waals surface area contributed by atoms with Gasteiger partial charge in [-0.25, -0.2) is 0 Å². The van der Waals surface area contributed by atoms with Crippen LogP contribution in [-0.4, -0.2) is 16.8 Å². The smallest absolute Gasteiger partial charge is 0.138 e. The molecule has 0 radical (unpaired) electrons. The molecular formula is C18H32OS. The van der Waals surface area contributed by atoms with E-state index in [1.807, 2.05) is 11.8 Å². The molecule has 2 heteroatoms. The maximum atomic E-state index is 12.7. The van der Waals surface area contributed by atoms with Crippen LogP contribution >= 0.6 is 11.8 Å². The molecule has 0 heterocycles. The first-order chi connectivity index (χ1) is 9.38. The van der Waals surface area contributed by atoms with Gasteiger partial charge >= 0.3 is 0 Å². The zero-order chi connectivity index (χ0) is 15.2. The van der Waals surface area contributed by atoms with Crippen molar-refractivity contribution in [3.05, 3.63) is 12.2 Å². The van der Waals surface area contributed by atoms with E-state index in [-0.39, 0.29) is 11.3 Å². The van der Waals surface area contributed by atoms with Crippen LogP contribution < -0.4 is 0 Å². The van der Waals surface area contributed by atoms with Gasteiger partial charge in [0.1, 0.15) is 5.78 Å². The largest absolute Gasteiger partial charge is 0.299 e. The van der Waals surface area contributed by atoms with E-state index in [1.165, 1.54) is 25.0 Å². The van der Waals surface area contributed by atoms with Crippen molar-refractivity contribution in [3.63, 3.8) is 0 Å². The Kier molecular flexibility index (Phi) is 7.36. The van der Waals surface area contributed by atoms with Crippen molar-refractivity contribution in [1.82, 2.24) is 0 Å². The van der Waals surface area contributed by atoms with Crippen molar-refractivity contribution in [2.45, 2.75) is 72.0 Å². The van der Waals surface area contributed by atoms with Gasteiger partial charge in [-0.05, 0) is 29.9 Å². The number of hydrogen-bond acceptors (Lipinski definition) is 2. The Morgan fingerprint density at radius 2 is 2.10 bits per heavy atom. The second kappa shape index (κ2) is 8.26. The molecule has 3 atom stereocenters. The van der Waals surface area contributed by atoms with Gasteiger partial charge in [0.2, 0.25) is 0 Å². The predicted octanol–water partition coefficient (Wildman–Crippen LogP) is 5.50.